The lowest BCUT2D eigenvalue weighted by atomic mass is 10.2. The Kier molecular flexibility index (Phi) is 6.86. The maximum absolute atomic E-state index is 12.5. The minimum absolute atomic E-state index is 0.202. The first-order valence-corrected chi connectivity index (χ1v) is 9.60. The molecule has 1 N–H and O–H groups in total. The number of rotatable bonds is 7. The van der Waals surface area contributed by atoms with Crippen molar-refractivity contribution >= 4 is 29.2 Å². The number of ether oxygens (including phenoxy) is 1. The highest BCUT2D eigenvalue weighted by atomic mass is 35.5. The van der Waals surface area contributed by atoms with Crippen molar-refractivity contribution in [2.45, 2.75) is 6.54 Å². The van der Waals surface area contributed by atoms with Crippen LogP contribution in [0.15, 0.2) is 42.5 Å². The maximum atomic E-state index is 12.5. The van der Waals surface area contributed by atoms with E-state index < -0.39 is 17.5 Å². The summed E-state index contributed by atoms with van der Waals surface area (Å²) in [5.74, 6) is -1.79. The maximum Gasteiger partial charge on any atom is 0.339 e. The molecule has 0 unspecified atom stereocenters. The summed E-state index contributed by atoms with van der Waals surface area (Å²) in [6.45, 7) is 2.76. The second kappa shape index (κ2) is 9.55. The third kappa shape index (κ3) is 5.46. The van der Waals surface area contributed by atoms with Crippen molar-refractivity contribution in [2.75, 3.05) is 32.8 Å². The van der Waals surface area contributed by atoms with Gasteiger partial charge in [0.15, 0.2) is 6.61 Å². The first-order chi connectivity index (χ1) is 14.3. The van der Waals surface area contributed by atoms with Crippen LogP contribution in [-0.4, -0.2) is 64.5 Å². The zero-order chi connectivity index (χ0) is 21.7. The van der Waals surface area contributed by atoms with Crippen molar-refractivity contribution in [2.24, 2.45) is 0 Å². The monoisotopic (exact) mass is 433 g/mol. The van der Waals surface area contributed by atoms with Gasteiger partial charge in [-0.25, -0.2) is 4.79 Å². The van der Waals surface area contributed by atoms with Crippen molar-refractivity contribution < 1.29 is 24.4 Å². The number of nitro groups is 1. The van der Waals surface area contributed by atoms with Crippen LogP contribution in [0.3, 0.4) is 0 Å². The third-order valence-electron chi connectivity index (χ3n) is 4.80. The molecule has 0 bridgehead atoms. The Hall–Kier alpha value is -3.17. The van der Waals surface area contributed by atoms with Crippen LogP contribution in [0.25, 0.3) is 0 Å². The SMILES string of the molecule is O=C(O)c1ccc([N+](=O)[O-])cc1OCC(=O)N1CCN(Cc2ccc(Cl)cc2)CC1. The molecule has 1 aliphatic heterocycles. The van der Waals surface area contributed by atoms with E-state index in [1.165, 1.54) is 0 Å². The number of carbonyl (C=O) groups excluding carboxylic acids is 1. The average molecular weight is 434 g/mol. The van der Waals surface area contributed by atoms with Gasteiger partial charge in [-0.05, 0) is 23.8 Å². The van der Waals surface area contributed by atoms with E-state index in [2.05, 4.69) is 4.90 Å². The number of nitro benzene ring substituents is 1. The van der Waals surface area contributed by atoms with E-state index in [0.717, 1.165) is 30.3 Å². The largest absolute Gasteiger partial charge is 0.483 e. The van der Waals surface area contributed by atoms with Gasteiger partial charge in [-0.15, -0.1) is 0 Å². The molecule has 3 rings (SSSR count). The van der Waals surface area contributed by atoms with E-state index in [1.807, 2.05) is 24.3 Å². The lowest BCUT2D eigenvalue weighted by Crippen LogP contribution is -2.49. The fraction of sp³-hybridized carbons (Fsp3) is 0.300. The van der Waals surface area contributed by atoms with Gasteiger partial charge in [-0.3, -0.25) is 19.8 Å². The van der Waals surface area contributed by atoms with E-state index in [0.29, 0.717) is 31.2 Å². The molecule has 30 heavy (non-hydrogen) atoms. The lowest BCUT2D eigenvalue weighted by Gasteiger charge is -2.34. The summed E-state index contributed by atoms with van der Waals surface area (Å²) in [4.78, 5) is 37.9. The Morgan fingerprint density at radius 1 is 1.10 bits per heavy atom. The number of hydrogen-bond acceptors (Lipinski definition) is 6. The summed E-state index contributed by atoms with van der Waals surface area (Å²) in [5.41, 5.74) is 0.592. The van der Waals surface area contributed by atoms with E-state index in [-0.39, 0.29) is 22.9 Å². The number of carbonyl (C=O) groups is 2. The number of aromatic carboxylic acids is 1. The number of nitrogens with zero attached hydrogens (tertiary/aromatic N) is 3. The standard InChI is InChI=1S/C20H20ClN3O6/c21-15-3-1-14(2-4-15)12-22-7-9-23(10-8-22)19(25)13-30-18-11-16(24(28)29)5-6-17(18)20(26)27/h1-6,11H,7-10,12-13H2,(H,26,27). The molecule has 9 nitrogen and oxygen atoms in total. The number of amides is 1. The topological polar surface area (TPSA) is 113 Å². The number of hydrogen-bond donors (Lipinski definition) is 1. The zero-order valence-corrected chi connectivity index (χ0v) is 16.7. The van der Waals surface area contributed by atoms with Gasteiger partial charge in [0.2, 0.25) is 0 Å². The lowest BCUT2D eigenvalue weighted by molar-refractivity contribution is -0.384. The Morgan fingerprint density at radius 2 is 1.77 bits per heavy atom. The smallest absolute Gasteiger partial charge is 0.339 e. The van der Waals surface area contributed by atoms with Crippen molar-refractivity contribution in [3.05, 3.63) is 68.7 Å². The zero-order valence-electron chi connectivity index (χ0n) is 16.0. The molecular weight excluding hydrogens is 414 g/mol. The first-order valence-electron chi connectivity index (χ1n) is 9.22. The molecule has 1 saturated heterocycles. The predicted octanol–water partition coefficient (Wildman–Crippen LogP) is 2.67. The molecule has 0 aliphatic carbocycles. The average Bonchev–Trinajstić information content (AvgIpc) is 2.73. The van der Waals surface area contributed by atoms with Crippen molar-refractivity contribution in [3.63, 3.8) is 0 Å². The van der Waals surface area contributed by atoms with Crippen LogP contribution in [0.1, 0.15) is 15.9 Å². The minimum atomic E-state index is -1.29. The van der Waals surface area contributed by atoms with Gasteiger partial charge in [0.25, 0.3) is 11.6 Å². The van der Waals surface area contributed by atoms with E-state index in [1.54, 1.807) is 4.90 Å². The number of carboxylic acids is 1. The van der Waals surface area contributed by atoms with Crippen LogP contribution in [0.4, 0.5) is 5.69 Å². The van der Waals surface area contributed by atoms with Gasteiger partial charge in [0.1, 0.15) is 11.3 Å². The highest BCUT2D eigenvalue weighted by Crippen LogP contribution is 2.25. The summed E-state index contributed by atoms with van der Waals surface area (Å²) in [6, 6.07) is 10.8. The van der Waals surface area contributed by atoms with Gasteiger partial charge < -0.3 is 14.7 Å². The number of non-ortho nitro benzene ring substituents is 1. The summed E-state index contributed by atoms with van der Waals surface area (Å²) >= 11 is 5.90. The summed E-state index contributed by atoms with van der Waals surface area (Å²) in [7, 11) is 0. The normalized spacial score (nSPS) is 14.4. The van der Waals surface area contributed by atoms with Crippen LogP contribution >= 0.6 is 11.6 Å². The molecule has 2 aromatic carbocycles. The molecule has 0 aromatic heterocycles. The Morgan fingerprint density at radius 3 is 2.37 bits per heavy atom. The van der Waals surface area contributed by atoms with E-state index >= 15 is 0 Å². The van der Waals surface area contributed by atoms with Gasteiger partial charge in [-0.1, -0.05) is 23.7 Å². The van der Waals surface area contributed by atoms with E-state index in [9.17, 15) is 24.8 Å². The van der Waals surface area contributed by atoms with Crippen LogP contribution < -0.4 is 4.74 Å². The molecule has 0 radical (unpaired) electrons. The van der Waals surface area contributed by atoms with Gasteiger partial charge >= 0.3 is 5.97 Å². The van der Waals surface area contributed by atoms with Crippen molar-refractivity contribution in [3.8, 4) is 5.75 Å². The molecular formula is C20H20ClN3O6. The highest BCUT2D eigenvalue weighted by Gasteiger charge is 2.23. The van der Waals surface area contributed by atoms with Crippen molar-refractivity contribution in [1.29, 1.82) is 0 Å². The van der Waals surface area contributed by atoms with Gasteiger partial charge in [0.05, 0.1) is 11.0 Å². The predicted molar refractivity (Wildman–Crippen MR) is 109 cm³/mol. The number of carboxylic acid groups (broad SMARTS) is 1. The van der Waals surface area contributed by atoms with Crippen molar-refractivity contribution in [1.82, 2.24) is 9.80 Å². The minimum Gasteiger partial charge on any atom is -0.483 e. The second-order valence-electron chi connectivity index (χ2n) is 6.81. The molecule has 1 heterocycles. The van der Waals surface area contributed by atoms with Crippen LogP contribution in [0.2, 0.25) is 5.02 Å². The highest BCUT2D eigenvalue weighted by molar-refractivity contribution is 6.30. The quantitative estimate of drug-likeness (QED) is 0.527. The molecule has 1 aliphatic rings. The molecule has 0 spiro atoms. The fourth-order valence-electron chi connectivity index (χ4n) is 3.15. The van der Waals surface area contributed by atoms with Crippen LogP contribution in [0, 0.1) is 10.1 Å². The molecule has 10 heteroatoms. The molecule has 1 amide bonds. The molecule has 158 valence electrons. The number of piperazine rings is 1. The molecule has 1 fully saturated rings. The summed E-state index contributed by atoms with van der Waals surface area (Å²) in [5, 5.41) is 20.8. The summed E-state index contributed by atoms with van der Waals surface area (Å²) in [6.07, 6.45) is 0. The van der Waals surface area contributed by atoms with Gasteiger partial charge in [-0.2, -0.15) is 0 Å². The molecule has 2 aromatic rings. The third-order valence-corrected chi connectivity index (χ3v) is 5.05. The Labute approximate surface area is 177 Å². The second-order valence-corrected chi connectivity index (χ2v) is 7.25. The fourth-order valence-corrected chi connectivity index (χ4v) is 3.28. The molecule has 0 atom stereocenters. The van der Waals surface area contributed by atoms with Crippen LogP contribution in [0.5, 0.6) is 5.75 Å². The molecule has 0 saturated carbocycles. The first kappa shape index (κ1) is 21.5. The Balaban J connectivity index is 1.54. The number of benzene rings is 2. The number of halogens is 1. The van der Waals surface area contributed by atoms with E-state index in [4.69, 9.17) is 16.3 Å². The van der Waals surface area contributed by atoms with Gasteiger partial charge in [0, 0.05) is 43.8 Å². The van der Waals surface area contributed by atoms with Crippen LogP contribution in [-0.2, 0) is 11.3 Å². The summed E-state index contributed by atoms with van der Waals surface area (Å²) < 4.78 is 5.34. The Bertz CT molecular complexity index is 942.